The van der Waals surface area contributed by atoms with Crippen molar-refractivity contribution < 1.29 is 14.4 Å². The van der Waals surface area contributed by atoms with Gasteiger partial charge in [-0.25, -0.2) is 4.79 Å². The van der Waals surface area contributed by atoms with Gasteiger partial charge in [-0.15, -0.1) is 12.4 Å². The quantitative estimate of drug-likeness (QED) is 0.759. The topological polar surface area (TPSA) is 95.7 Å². The van der Waals surface area contributed by atoms with E-state index in [4.69, 9.17) is 5.73 Å². The summed E-state index contributed by atoms with van der Waals surface area (Å²) < 4.78 is 0. The van der Waals surface area contributed by atoms with E-state index in [1.807, 2.05) is 24.3 Å². The van der Waals surface area contributed by atoms with Gasteiger partial charge in [0.2, 0.25) is 5.91 Å². The lowest BCUT2D eigenvalue weighted by Gasteiger charge is -2.26. The van der Waals surface area contributed by atoms with Gasteiger partial charge in [0, 0.05) is 19.1 Å². The molecule has 140 valence electrons. The number of urea groups is 1. The van der Waals surface area contributed by atoms with E-state index in [1.165, 1.54) is 0 Å². The summed E-state index contributed by atoms with van der Waals surface area (Å²) >= 11 is 0. The second-order valence-electron chi connectivity index (χ2n) is 7.00. The Hall–Kier alpha value is -2.12. The summed E-state index contributed by atoms with van der Waals surface area (Å²) in [4.78, 5) is 40.9. The molecule has 3 N–H and O–H groups in total. The van der Waals surface area contributed by atoms with Crippen LogP contribution in [0.3, 0.4) is 0 Å². The minimum Gasteiger partial charge on any atom is -0.337 e. The van der Waals surface area contributed by atoms with Crippen LogP contribution in [-0.4, -0.2) is 53.3 Å². The zero-order valence-electron chi connectivity index (χ0n) is 14.4. The Morgan fingerprint density at radius 3 is 2.85 bits per heavy atom. The molecule has 2 atom stereocenters. The van der Waals surface area contributed by atoms with E-state index in [0.29, 0.717) is 19.5 Å². The van der Waals surface area contributed by atoms with Crippen LogP contribution >= 0.6 is 12.4 Å². The Labute approximate surface area is 158 Å². The maximum atomic E-state index is 13.1. The van der Waals surface area contributed by atoms with Crippen molar-refractivity contribution in [3.05, 3.63) is 35.4 Å². The number of nitrogens with two attached hydrogens (primary N) is 1. The molecule has 0 saturated carbocycles. The molecule has 2 heterocycles. The van der Waals surface area contributed by atoms with Crippen LogP contribution in [0.1, 0.15) is 30.4 Å². The first-order chi connectivity index (χ1) is 12.1. The summed E-state index contributed by atoms with van der Waals surface area (Å²) in [5.41, 5.74) is 6.64. The van der Waals surface area contributed by atoms with Gasteiger partial charge >= 0.3 is 6.03 Å². The first kappa shape index (κ1) is 18.7. The largest absolute Gasteiger partial charge is 0.337 e. The normalized spacial score (nSPS) is 26.9. The van der Waals surface area contributed by atoms with Gasteiger partial charge in [0.05, 0.1) is 0 Å². The number of likely N-dealkylation sites (tertiary alicyclic amines) is 1. The number of benzene rings is 1. The number of hydrogen-bond acceptors (Lipinski definition) is 4. The Morgan fingerprint density at radius 2 is 2.08 bits per heavy atom. The molecule has 0 radical (unpaired) electrons. The number of hydrogen-bond donors (Lipinski definition) is 2. The molecular weight excluding hydrogens is 356 g/mol. The number of rotatable bonds is 3. The highest BCUT2D eigenvalue weighted by Gasteiger charge is 2.55. The van der Waals surface area contributed by atoms with E-state index in [9.17, 15) is 14.4 Å². The monoisotopic (exact) mass is 378 g/mol. The van der Waals surface area contributed by atoms with Crippen molar-refractivity contribution in [2.75, 3.05) is 19.6 Å². The number of amides is 4. The van der Waals surface area contributed by atoms with Crippen LogP contribution in [-0.2, 0) is 21.5 Å². The number of nitrogens with zero attached hydrogens (tertiary/aromatic N) is 2. The highest BCUT2D eigenvalue weighted by Crippen LogP contribution is 2.41. The van der Waals surface area contributed by atoms with Crippen LogP contribution in [0.25, 0.3) is 0 Å². The first-order valence-electron chi connectivity index (χ1n) is 8.79. The number of halogens is 1. The molecule has 1 aromatic carbocycles. The summed E-state index contributed by atoms with van der Waals surface area (Å²) in [6, 6.07) is 7.19. The minimum absolute atomic E-state index is 0. The van der Waals surface area contributed by atoms with Crippen molar-refractivity contribution in [3.63, 3.8) is 0 Å². The predicted molar refractivity (Wildman–Crippen MR) is 97.7 cm³/mol. The summed E-state index contributed by atoms with van der Waals surface area (Å²) in [7, 11) is 0. The number of aryl methyl sites for hydroxylation is 1. The van der Waals surface area contributed by atoms with Crippen molar-refractivity contribution in [1.82, 2.24) is 15.1 Å². The van der Waals surface area contributed by atoms with Gasteiger partial charge in [0.15, 0.2) is 0 Å². The van der Waals surface area contributed by atoms with Crippen molar-refractivity contribution >= 4 is 30.3 Å². The fourth-order valence-electron chi connectivity index (χ4n) is 4.37. The lowest BCUT2D eigenvalue weighted by molar-refractivity contribution is -0.139. The fraction of sp³-hybridized carbons (Fsp3) is 0.500. The van der Waals surface area contributed by atoms with Crippen LogP contribution in [0.4, 0.5) is 4.79 Å². The maximum Gasteiger partial charge on any atom is 0.325 e. The molecule has 3 aliphatic rings. The molecule has 0 aromatic heterocycles. The molecule has 1 spiro atoms. The van der Waals surface area contributed by atoms with Crippen LogP contribution in [0.2, 0.25) is 0 Å². The molecular formula is C18H23ClN4O3. The van der Waals surface area contributed by atoms with E-state index >= 15 is 0 Å². The molecule has 4 rings (SSSR count). The van der Waals surface area contributed by atoms with Crippen molar-refractivity contribution in [2.24, 2.45) is 5.73 Å². The number of fused-ring (bicyclic) bond motifs is 2. The fourth-order valence-corrected chi connectivity index (χ4v) is 4.37. The van der Waals surface area contributed by atoms with Crippen molar-refractivity contribution in [2.45, 2.75) is 37.3 Å². The maximum absolute atomic E-state index is 13.1. The van der Waals surface area contributed by atoms with Crippen molar-refractivity contribution in [3.8, 4) is 0 Å². The second kappa shape index (κ2) is 6.89. The average molecular weight is 379 g/mol. The molecule has 7 nitrogen and oxygen atoms in total. The van der Waals surface area contributed by atoms with E-state index in [-0.39, 0.29) is 36.8 Å². The lowest BCUT2D eigenvalue weighted by Crippen LogP contribution is -2.47. The summed E-state index contributed by atoms with van der Waals surface area (Å²) in [6.07, 6.45) is 3.06. The molecule has 1 aromatic rings. The van der Waals surface area contributed by atoms with Gasteiger partial charge in [-0.3, -0.25) is 14.5 Å². The van der Waals surface area contributed by atoms with Gasteiger partial charge in [-0.2, -0.15) is 0 Å². The van der Waals surface area contributed by atoms with Crippen molar-refractivity contribution in [1.29, 1.82) is 0 Å². The third-order valence-electron chi connectivity index (χ3n) is 5.69. The first-order valence-corrected chi connectivity index (χ1v) is 8.79. The molecule has 26 heavy (non-hydrogen) atoms. The molecule has 2 aliphatic heterocycles. The third kappa shape index (κ3) is 2.66. The molecule has 2 saturated heterocycles. The van der Waals surface area contributed by atoms with Gasteiger partial charge in [-0.05, 0) is 36.8 Å². The van der Waals surface area contributed by atoms with E-state index in [2.05, 4.69) is 5.32 Å². The third-order valence-corrected chi connectivity index (χ3v) is 5.69. The van der Waals surface area contributed by atoms with E-state index in [0.717, 1.165) is 35.3 Å². The molecule has 1 aliphatic carbocycles. The van der Waals surface area contributed by atoms with Crippen LogP contribution in [0.5, 0.6) is 0 Å². The molecule has 4 amide bonds. The van der Waals surface area contributed by atoms with Crippen LogP contribution < -0.4 is 11.1 Å². The van der Waals surface area contributed by atoms with Crippen LogP contribution in [0, 0.1) is 0 Å². The minimum atomic E-state index is -1.01. The predicted octanol–water partition coefficient (Wildman–Crippen LogP) is 0.751. The number of carbonyl (C=O) groups excluding carboxylic acids is 3. The summed E-state index contributed by atoms with van der Waals surface area (Å²) in [6.45, 7) is 0.826. The average Bonchev–Trinajstić information content (AvgIpc) is 3.29. The van der Waals surface area contributed by atoms with Gasteiger partial charge in [0.1, 0.15) is 12.1 Å². The number of nitrogens with one attached hydrogen (secondary N) is 1. The van der Waals surface area contributed by atoms with Crippen LogP contribution in [0.15, 0.2) is 24.3 Å². The standard InChI is InChI=1S/C18H22N4O3.ClH/c19-10-13-5-3-9-21(13)15(23)11-22-16(24)18(20-17(22)25)8-7-12-4-1-2-6-14(12)18;/h1-2,4,6,13H,3,5,7-11,19H2,(H,20,25);1H. The highest BCUT2D eigenvalue weighted by atomic mass is 35.5. The van der Waals surface area contributed by atoms with E-state index < -0.39 is 11.6 Å². The Morgan fingerprint density at radius 1 is 1.31 bits per heavy atom. The second-order valence-corrected chi connectivity index (χ2v) is 7.00. The molecule has 2 unspecified atom stereocenters. The number of carbonyl (C=O) groups is 3. The van der Waals surface area contributed by atoms with E-state index in [1.54, 1.807) is 4.90 Å². The van der Waals surface area contributed by atoms with Gasteiger partial charge in [0.25, 0.3) is 5.91 Å². The summed E-state index contributed by atoms with van der Waals surface area (Å²) in [5, 5.41) is 2.85. The number of imide groups is 1. The zero-order valence-corrected chi connectivity index (χ0v) is 15.3. The lowest BCUT2D eigenvalue weighted by atomic mass is 9.92. The molecule has 8 heteroatoms. The molecule has 0 bridgehead atoms. The highest BCUT2D eigenvalue weighted by molar-refractivity contribution is 6.09. The van der Waals surface area contributed by atoms with Gasteiger partial charge < -0.3 is 16.0 Å². The Bertz CT molecular complexity index is 756. The summed E-state index contributed by atoms with van der Waals surface area (Å²) in [5.74, 6) is -0.529. The smallest absolute Gasteiger partial charge is 0.325 e. The molecule has 2 fully saturated rings. The Kier molecular flexibility index (Phi) is 4.94. The van der Waals surface area contributed by atoms with Gasteiger partial charge in [-0.1, -0.05) is 24.3 Å². The Balaban J connectivity index is 0.00000196. The SMILES string of the molecule is Cl.NCC1CCCN1C(=O)CN1C(=O)NC2(CCc3ccccc32)C1=O. The zero-order chi connectivity index (χ0) is 17.6.